The molecule has 2 rings (SSSR count). The zero-order valence-corrected chi connectivity index (χ0v) is 8.74. The summed E-state index contributed by atoms with van der Waals surface area (Å²) in [6, 6.07) is -0.549. The highest BCUT2D eigenvalue weighted by Crippen LogP contribution is 2.31. The molecule has 84 valence electrons. The van der Waals surface area contributed by atoms with Crippen molar-refractivity contribution in [2.24, 2.45) is 5.92 Å². The molecule has 0 spiro atoms. The van der Waals surface area contributed by atoms with Crippen LogP contribution in [-0.4, -0.2) is 28.9 Å². The standard InChI is InChI=1S/C11H17NO3/c13-8-5-9(7-3-1-2-4-7)12-10(6-8)11(14)15/h7,9-10,12H,1-6H2,(H,14,15). The molecule has 2 N–H and O–H groups in total. The topological polar surface area (TPSA) is 66.4 Å². The fourth-order valence-electron chi connectivity index (χ4n) is 2.75. The van der Waals surface area contributed by atoms with Crippen LogP contribution in [0.4, 0.5) is 0 Å². The van der Waals surface area contributed by atoms with Crippen molar-refractivity contribution in [2.75, 3.05) is 0 Å². The van der Waals surface area contributed by atoms with E-state index >= 15 is 0 Å². The van der Waals surface area contributed by atoms with Crippen LogP contribution in [-0.2, 0) is 9.59 Å². The third-order valence-corrected chi connectivity index (χ3v) is 3.56. The van der Waals surface area contributed by atoms with Gasteiger partial charge in [-0.2, -0.15) is 0 Å². The van der Waals surface area contributed by atoms with Crippen molar-refractivity contribution in [2.45, 2.75) is 50.6 Å². The van der Waals surface area contributed by atoms with Gasteiger partial charge in [0.2, 0.25) is 0 Å². The molecule has 2 unspecified atom stereocenters. The first kappa shape index (κ1) is 10.6. The second-order valence-electron chi connectivity index (χ2n) is 4.66. The molecule has 1 heterocycles. The maximum atomic E-state index is 11.4. The molecular weight excluding hydrogens is 194 g/mol. The number of aliphatic carboxylic acids is 1. The van der Waals surface area contributed by atoms with Crippen LogP contribution in [0.3, 0.4) is 0 Å². The van der Waals surface area contributed by atoms with E-state index in [9.17, 15) is 9.59 Å². The number of nitrogens with one attached hydrogen (secondary N) is 1. The van der Waals surface area contributed by atoms with Crippen LogP contribution in [0.5, 0.6) is 0 Å². The lowest BCUT2D eigenvalue weighted by Crippen LogP contribution is -2.52. The maximum absolute atomic E-state index is 11.4. The van der Waals surface area contributed by atoms with Crippen molar-refractivity contribution in [3.63, 3.8) is 0 Å². The van der Waals surface area contributed by atoms with Gasteiger partial charge in [0.1, 0.15) is 11.8 Å². The fraction of sp³-hybridized carbons (Fsp3) is 0.818. The summed E-state index contributed by atoms with van der Waals surface area (Å²) in [5.41, 5.74) is 0. The summed E-state index contributed by atoms with van der Waals surface area (Å²) < 4.78 is 0. The molecule has 0 bridgehead atoms. The van der Waals surface area contributed by atoms with E-state index in [-0.39, 0.29) is 18.2 Å². The molecule has 4 nitrogen and oxygen atoms in total. The van der Waals surface area contributed by atoms with Gasteiger partial charge in [-0.25, -0.2) is 0 Å². The van der Waals surface area contributed by atoms with Crippen LogP contribution < -0.4 is 5.32 Å². The highest BCUT2D eigenvalue weighted by atomic mass is 16.4. The lowest BCUT2D eigenvalue weighted by atomic mass is 9.87. The zero-order chi connectivity index (χ0) is 10.8. The lowest BCUT2D eigenvalue weighted by molar-refractivity contribution is -0.143. The molecule has 0 aromatic carbocycles. The maximum Gasteiger partial charge on any atom is 0.321 e. The Kier molecular flexibility index (Phi) is 3.05. The van der Waals surface area contributed by atoms with E-state index in [0.717, 1.165) is 12.8 Å². The number of piperidine rings is 1. The molecule has 0 radical (unpaired) electrons. The van der Waals surface area contributed by atoms with Crippen molar-refractivity contribution in [3.8, 4) is 0 Å². The Bertz CT molecular complexity index is 271. The molecule has 2 fully saturated rings. The summed E-state index contributed by atoms with van der Waals surface area (Å²) in [5, 5.41) is 12.0. The number of carbonyl (C=O) groups is 2. The highest BCUT2D eigenvalue weighted by Gasteiger charge is 2.35. The molecule has 4 heteroatoms. The summed E-state index contributed by atoms with van der Waals surface area (Å²) in [4.78, 5) is 22.3. The molecular formula is C11H17NO3. The molecule has 1 aliphatic carbocycles. The van der Waals surface area contributed by atoms with Gasteiger partial charge < -0.3 is 10.4 Å². The van der Waals surface area contributed by atoms with Crippen molar-refractivity contribution in [3.05, 3.63) is 0 Å². The number of hydrogen-bond donors (Lipinski definition) is 2. The Balaban J connectivity index is 1.99. The second kappa shape index (κ2) is 4.31. The predicted octanol–water partition coefficient (Wildman–Crippen LogP) is 0.951. The van der Waals surface area contributed by atoms with Crippen molar-refractivity contribution in [1.82, 2.24) is 5.32 Å². The van der Waals surface area contributed by atoms with E-state index in [4.69, 9.17) is 5.11 Å². The van der Waals surface area contributed by atoms with Gasteiger partial charge in [0.05, 0.1) is 0 Å². The van der Waals surface area contributed by atoms with Gasteiger partial charge in [0, 0.05) is 18.9 Å². The van der Waals surface area contributed by atoms with E-state index in [1.54, 1.807) is 0 Å². The van der Waals surface area contributed by atoms with E-state index in [0.29, 0.717) is 12.3 Å². The van der Waals surface area contributed by atoms with Gasteiger partial charge in [0.15, 0.2) is 0 Å². The summed E-state index contributed by atoms with van der Waals surface area (Å²) >= 11 is 0. The van der Waals surface area contributed by atoms with Gasteiger partial charge in [-0.1, -0.05) is 12.8 Å². The first-order valence-corrected chi connectivity index (χ1v) is 5.67. The molecule has 0 amide bonds. The van der Waals surface area contributed by atoms with Crippen molar-refractivity contribution < 1.29 is 14.7 Å². The number of carboxylic acid groups (broad SMARTS) is 1. The molecule has 1 saturated heterocycles. The van der Waals surface area contributed by atoms with Crippen LogP contribution in [0, 0.1) is 5.92 Å². The lowest BCUT2D eigenvalue weighted by Gasteiger charge is -2.31. The number of Topliss-reactive ketones (excluding diaryl/α,β-unsaturated/α-hetero) is 1. The fourth-order valence-corrected chi connectivity index (χ4v) is 2.75. The van der Waals surface area contributed by atoms with E-state index < -0.39 is 12.0 Å². The minimum absolute atomic E-state index is 0.0954. The monoisotopic (exact) mass is 211 g/mol. The number of carbonyl (C=O) groups excluding carboxylic acids is 1. The smallest absolute Gasteiger partial charge is 0.321 e. The quantitative estimate of drug-likeness (QED) is 0.713. The van der Waals surface area contributed by atoms with Gasteiger partial charge in [-0.05, 0) is 18.8 Å². The average Bonchev–Trinajstić information content (AvgIpc) is 2.69. The molecule has 0 aromatic heterocycles. The number of carboxylic acids is 1. The van der Waals surface area contributed by atoms with E-state index in [2.05, 4.69) is 5.32 Å². The van der Waals surface area contributed by atoms with E-state index in [1.165, 1.54) is 12.8 Å². The van der Waals surface area contributed by atoms with Gasteiger partial charge in [0.25, 0.3) is 0 Å². The Morgan fingerprint density at radius 3 is 2.53 bits per heavy atom. The molecule has 1 aliphatic heterocycles. The zero-order valence-electron chi connectivity index (χ0n) is 8.74. The molecule has 15 heavy (non-hydrogen) atoms. The van der Waals surface area contributed by atoms with Gasteiger partial charge in [-0.15, -0.1) is 0 Å². The largest absolute Gasteiger partial charge is 0.480 e. The summed E-state index contributed by atoms with van der Waals surface area (Å²) in [5.74, 6) is -0.291. The van der Waals surface area contributed by atoms with Crippen LogP contribution >= 0.6 is 0 Å². The Labute approximate surface area is 89.0 Å². The summed E-state index contributed by atoms with van der Waals surface area (Å²) in [7, 11) is 0. The predicted molar refractivity (Wildman–Crippen MR) is 54.5 cm³/mol. The Hall–Kier alpha value is -0.900. The summed E-state index contributed by atoms with van der Waals surface area (Å²) in [6.45, 7) is 0. The van der Waals surface area contributed by atoms with Crippen LogP contribution in [0.2, 0.25) is 0 Å². The van der Waals surface area contributed by atoms with Gasteiger partial charge in [-0.3, -0.25) is 9.59 Å². The first-order valence-electron chi connectivity index (χ1n) is 5.67. The second-order valence-corrected chi connectivity index (χ2v) is 4.66. The number of hydrogen-bond acceptors (Lipinski definition) is 3. The van der Waals surface area contributed by atoms with Crippen LogP contribution in [0.15, 0.2) is 0 Å². The third kappa shape index (κ3) is 2.37. The number of ketones is 1. The normalized spacial score (nSPS) is 33.2. The minimum Gasteiger partial charge on any atom is -0.480 e. The number of rotatable bonds is 2. The van der Waals surface area contributed by atoms with Crippen LogP contribution in [0.25, 0.3) is 0 Å². The Morgan fingerprint density at radius 2 is 1.93 bits per heavy atom. The molecule has 2 atom stereocenters. The Morgan fingerprint density at radius 1 is 1.27 bits per heavy atom. The van der Waals surface area contributed by atoms with Crippen molar-refractivity contribution >= 4 is 11.8 Å². The minimum atomic E-state index is -0.897. The highest BCUT2D eigenvalue weighted by molar-refractivity contribution is 5.87. The van der Waals surface area contributed by atoms with Gasteiger partial charge >= 0.3 is 5.97 Å². The average molecular weight is 211 g/mol. The third-order valence-electron chi connectivity index (χ3n) is 3.56. The molecule has 1 saturated carbocycles. The van der Waals surface area contributed by atoms with E-state index in [1.807, 2.05) is 0 Å². The van der Waals surface area contributed by atoms with Crippen LogP contribution in [0.1, 0.15) is 38.5 Å². The SMILES string of the molecule is O=C1CC(C(=O)O)NC(C2CCCC2)C1. The molecule has 2 aliphatic rings. The first-order chi connectivity index (χ1) is 7.16. The molecule has 0 aromatic rings. The van der Waals surface area contributed by atoms with Crippen molar-refractivity contribution in [1.29, 1.82) is 0 Å². The summed E-state index contributed by atoms with van der Waals surface area (Å²) in [6.07, 6.45) is 5.38.